The molecule has 0 aliphatic heterocycles. The first-order chi connectivity index (χ1) is 12.6. The maximum atomic E-state index is 9.65. The lowest BCUT2D eigenvalue weighted by molar-refractivity contribution is 0.356. The quantitative estimate of drug-likeness (QED) is 0.675. The van der Waals surface area contributed by atoms with E-state index in [9.17, 15) is 5.26 Å². The summed E-state index contributed by atoms with van der Waals surface area (Å²) in [5, 5.41) is 14.7. The number of hydrogen-bond acceptors (Lipinski definition) is 7. The number of thiazole rings is 1. The fraction of sp³-hybridized carbons (Fsp3) is 0.368. The molecular weight excluding hydrogens is 366 g/mol. The molecule has 1 unspecified atom stereocenters. The van der Waals surface area contributed by atoms with E-state index in [0.717, 1.165) is 45.2 Å². The van der Waals surface area contributed by atoms with Crippen LogP contribution in [-0.2, 0) is 12.8 Å². The summed E-state index contributed by atoms with van der Waals surface area (Å²) in [5.74, 6) is 2.03. The van der Waals surface area contributed by atoms with Crippen molar-refractivity contribution in [1.82, 2.24) is 4.98 Å². The maximum absolute atomic E-state index is 9.65. The van der Waals surface area contributed by atoms with Crippen LogP contribution in [0.25, 0.3) is 10.2 Å². The van der Waals surface area contributed by atoms with Gasteiger partial charge >= 0.3 is 0 Å². The average Bonchev–Trinajstić information content (AvgIpc) is 3.19. The van der Waals surface area contributed by atoms with Gasteiger partial charge in [0.2, 0.25) is 0 Å². The minimum absolute atomic E-state index is 0.662. The minimum atomic E-state index is 0.662. The Hall–Kier alpha value is -2.30. The van der Waals surface area contributed by atoms with Gasteiger partial charge in [0.15, 0.2) is 16.6 Å². The molecule has 26 heavy (non-hydrogen) atoms. The van der Waals surface area contributed by atoms with E-state index in [0.29, 0.717) is 17.4 Å². The fourth-order valence-corrected chi connectivity index (χ4v) is 5.67. The molecule has 0 saturated heterocycles. The van der Waals surface area contributed by atoms with Crippen LogP contribution in [0.4, 0.5) is 10.1 Å². The van der Waals surface area contributed by atoms with Gasteiger partial charge in [0, 0.05) is 17.0 Å². The van der Waals surface area contributed by atoms with E-state index in [4.69, 9.17) is 9.47 Å². The van der Waals surface area contributed by atoms with Crippen molar-refractivity contribution >= 4 is 43.0 Å². The molecule has 2 aromatic heterocycles. The van der Waals surface area contributed by atoms with Crippen LogP contribution >= 0.6 is 22.7 Å². The largest absolute Gasteiger partial charge is 0.493 e. The molecule has 1 aliphatic rings. The molecule has 7 heteroatoms. The lowest BCUT2D eigenvalue weighted by atomic mass is 9.89. The monoisotopic (exact) mass is 385 g/mol. The van der Waals surface area contributed by atoms with E-state index in [-0.39, 0.29) is 0 Å². The Kier molecular flexibility index (Phi) is 4.47. The zero-order valence-corrected chi connectivity index (χ0v) is 16.5. The zero-order chi connectivity index (χ0) is 18.3. The number of hydrogen-bond donors (Lipinski definition) is 1. The first-order valence-corrected chi connectivity index (χ1v) is 10.1. The third-order valence-electron chi connectivity index (χ3n) is 4.74. The number of fused-ring (bicyclic) bond motifs is 2. The number of thiophene rings is 1. The van der Waals surface area contributed by atoms with Crippen molar-refractivity contribution in [3.8, 4) is 17.6 Å². The number of rotatable bonds is 4. The SMILES string of the molecule is COc1cc2nc(Nc3sc4c(c3C#N)CCC(C)C4)sc2cc1OC. The van der Waals surface area contributed by atoms with Gasteiger partial charge in [-0.05, 0) is 30.7 Å². The second kappa shape index (κ2) is 6.78. The van der Waals surface area contributed by atoms with E-state index in [2.05, 4.69) is 23.3 Å². The van der Waals surface area contributed by atoms with Crippen molar-refractivity contribution in [2.45, 2.75) is 26.2 Å². The second-order valence-corrected chi connectivity index (χ2v) is 8.62. The number of ether oxygens (including phenoxy) is 2. The Bertz CT molecular complexity index is 975. The number of anilines is 2. The molecule has 3 aromatic rings. The number of nitrogens with zero attached hydrogens (tertiary/aromatic N) is 2. The Morgan fingerprint density at radius 1 is 1.23 bits per heavy atom. The topological polar surface area (TPSA) is 67.2 Å². The van der Waals surface area contributed by atoms with Crippen LogP contribution in [-0.4, -0.2) is 19.2 Å². The van der Waals surface area contributed by atoms with Crippen LogP contribution in [0.15, 0.2) is 12.1 Å². The first kappa shape index (κ1) is 17.1. The highest BCUT2D eigenvalue weighted by Crippen LogP contribution is 2.42. The van der Waals surface area contributed by atoms with Gasteiger partial charge < -0.3 is 14.8 Å². The molecule has 4 rings (SSSR count). The standard InChI is InChI=1S/C19H19N3O2S2/c1-10-4-5-11-12(9-20)18(25-16(11)6-10)22-19-21-13-7-14(23-2)15(24-3)8-17(13)26-19/h7-8,10H,4-6H2,1-3H3,(H,21,22). The Labute approximate surface area is 160 Å². The van der Waals surface area contributed by atoms with E-state index in [1.54, 1.807) is 36.9 Å². The van der Waals surface area contributed by atoms with Gasteiger partial charge in [-0.1, -0.05) is 18.3 Å². The predicted octanol–water partition coefficient (Wildman–Crippen LogP) is 5.12. The number of benzene rings is 1. The summed E-state index contributed by atoms with van der Waals surface area (Å²) in [6.45, 7) is 2.27. The van der Waals surface area contributed by atoms with Gasteiger partial charge in [-0.15, -0.1) is 11.3 Å². The van der Waals surface area contributed by atoms with Gasteiger partial charge in [0.05, 0.1) is 30.0 Å². The van der Waals surface area contributed by atoms with E-state index in [1.165, 1.54) is 10.4 Å². The molecule has 0 bridgehead atoms. The van der Waals surface area contributed by atoms with Crippen molar-refractivity contribution < 1.29 is 9.47 Å². The molecule has 0 amide bonds. The molecule has 1 aromatic carbocycles. The number of nitriles is 1. The normalized spacial score (nSPS) is 16.2. The highest BCUT2D eigenvalue weighted by Gasteiger charge is 2.24. The molecule has 5 nitrogen and oxygen atoms in total. The molecular formula is C19H19N3O2S2. The molecule has 0 saturated carbocycles. The van der Waals surface area contributed by atoms with E-state index >= 15 is 0 Å². The van der Waals surface area contributed by atoms with Crippen LogP contribution in [0.2, 0.25) is 0 Å². The van der Waals surface area contributed by atoms with Crippen molar-refractivity contribution in [1.29, 1.82) is 5.26 Å². The van der Waals surface area contributed by atoms with Crippen molar-refractivity contribution in [3.05, 3.63) is 28.1 Å². The maximum Gasteiger partial charge on any atom is 0.188 e. The number of aromatic nitrogens is 1. The molecule has 1 atom stereocenters. The highest BCUT2D eigenvalue weighted by atomic mass is 32.1. The highest BCUT2D eigenvalue weighted by molar-refractivity contribution is 7.23. The summed E-state index contributed by atoms with van der Waals surface area (Å²) in [6, 6.07) is 6.20. The van der Waals surface area contributed by atoms with Crippen LogP contribution in [0, 0.1) is 17.2 Å². The predicted molar refractivity (Wildman–Crippen MR) is 106 cm³/mol. The lowest BCUT2D eigenvalue weighted by Crippen LogP contribution is -2.09. The third-order valence-corrected chi connectivity index (χ3v) is 6.84. The molecule has 2 heterocycles. The Morgan fingerprint density at radius 3 is 2.73 bits per heavy atom. The summed E-state index contributed by atoms with van der Waals surface area (Å²) >= 11 is 3.24. The number of nitrogens with one attached hydrogen (secondary N) is 1. The molecule has 0 radical (unpaired) electrons. The first-order valence-electron chi connectivity index (χ1n) is 8.47. The van der Waals surface area contributed by atoms with Crippen LogP contribution in [0.3, 0.4) is 0 Å². The van der Waals surface area contributed by atoms with Crippen LogP contribution < -0.4 is 14.8 Å². The smallest absolute Gasteiger partial charge is 0.188 e. The Balaban J connectivity index is 1.71. The van der Waals surface area contributed by atoms with Gasteiger partial charge in [0.1, 0.15) is 11.1 Å². The third kappa shape index (κ3) is 2.89. The zero-order valence-electron chi connectivity index (χ0n) is 14.9. The lowest BCUT2D eigenvalue weighted by Gasteiger charge is -2.17. The van der Waals surface area contributed by atoms with Crippen molar-refractivity contribution in [2.75, 3.05) is 19.5 Å². The van der Waals surface area contributed by atoms with E-state index in [1.807, 2.05) is 12.1 Å². The molecule has 0 spiro atoms. The van der Waals surface area contributed by atoms with Crippen molar-refractivity contribution in [2.24, 2.45) is 5.92 Å². The van der Waals surface area contributed by atoms with Gasteiger partial charge in [-0.2, -0.15) is 5.26 Å². The summed E-state index contributed by atoms with van der Waals surface area (Å²) in [6.07, 6.45) is 3.20. The molecule has 134 valence electrons. The van der Waals surface area contributed by atoms with Crippen LogP contribution in [0.5, 0.6) is 11.5 Å². The molecule has 1 N–H and O–H groups in total. The number of methoxy groups -OCH3 is 2. The summed E-state index contributed by atoms with van der Waals surface area (Å²) < 4.78 is 11.7. The second-order valence-electron chi connectivity index (χ2n) is 6.49. The van der Waals surface area contributed by atoms with Crippen molar-refractivity contribution in [3.63, 3.8) is 0 Å². The molecule has 0 fully saturated rings. The fourth-order valence-electron chi connectivity index (χ4n) is 3.36. The van der Waals surface area contributed by atoms with E-state index < -0.39 is 0 Å². The summed E-state index contributed by atoms with van der Waals surface area (Å²) in [5.41, 5.74) is 2.86. The van der Waals surface area contributed by atoms with Gasteiger partial charge in [0.25, 0.3) is 0 Å². The van der Waals surface area contributed by atoms with Crippen LogP contribution in [0.1, 0.15) is 29.3 Å². The molecule has 1 aliphatic carbocycles. The summed E-state index contributed by atoms with van der Waals surface area (Å²) in [7, 11) is 3.24. The summed E-state index contributed by atoms with van der Waals surface area (Å²) in [4.78, 5) is 6.00. The minimum Gasteiger partial charge on any atom is -0.493 e. The van der Waals surface area contributed by atoms with Gasteiger partial charge in [-0.25, -0.2) is 4.98 Å². The Morgan fingerprint density at radius 2 is 2.00 bits per heavy atom. The van der Waals surface area contributed by atoms with Gasteiger partial charge in [-0.3, -0.25) is 0 Å². The average molecular weight is 386 g/mol.